The van der Waals surface area contributed by atoms with Gasteiger partial charge in [-0.15, -0.1) is 0 Å². The van der Waals surface area contributed by atoms with Gasteiger partial charge in [0.1, 0.15) is 5.82 Å². The smallest absolute Gasteiger partial charge is 0.396 e. The van der Waals surface area contributed by atoms with Crippen LogP contribution in [0.25, 0.3) is 11.1 Å². The molecule has 0 N–H and O–H groups in total. The minimum atomic E-state index is 0. The quantitative estimate of drug-likeness (QED) is 0.689. The van der Waals surface area contributed by atoms with Crippen molar-refractivity contribution in [2.75, 3.05) is 11.9 Å². The van der Waals surface area contributed by atoms with Gasteiger partial charge in [0.2, 0.25) is 0 Å². The first-order chi connectivity index (χ1) is 8.83. The van der Waals surface area contributed by atoms with Crippen molar-refractivity contribution in [1.29, 1.82) is 0 Å². The van der Waals surface area contributed by atoms with Gasteiger partial charge < -0.3 is 9.62 Å². The predicted molar refractivity (Wildman–Crippen MR) is 74.8 cm³/mol. The SMILES string of the molecule is CN1[B]N(c2cc(-c3ccccc3)ccn2)C=C1.[Ir]. The monoisotopic (exact) mass is 427 g/mol. The standard InChI is InChI=1S/C14H13BN3.Ir/c1-17-9-10-18(15-17)14-11-13(7-8-16-14)12-5-3-2-4-6-12;/h2-11H,1H3;. The van der Waals surface area contributed by atoms with Gasteiger partial charge in [-0.05, 0) is 30.3 Å². The molecule has 2 radical (unpaired) electrons. The Morgan fingerprint density at radius 2 is 1.79 bits per heavy atom. The maximum absolute atomic E-state index is 4.40. The van der Waals surface area contributed by atoms with Crippen molar-refractivity contribution >= 4 is 13.4 Å². The Bertz CT molecular complexity index is 574. The van der Waals surface area contributed by atoms with E-state index in [1.165, 1.54) is 11.1 Å². The fourth-order valence-electron chi connectivity index (χ4n) is 1.96. The molecule has 0 saturated carbocycles. The molecule has 0 bridgehead atoms. The zero-order chi connectivity index (χ0) is 12.4. The Morgan fingerprint density at radius 3 is 2.47 bits per heavy atom. The zero-order valence-electron chi connectivity index (χ0n) is 10.5. The molecule has 0 amide bonds. The van der Waals surface area contributed by atoms with Gasteiger partial charge in [0.15, 0.2) is 0 Å². The molecule has 1 aromatic heterocycles. The molecule has 1 aliphatic heterocycles. The van der Waals surface area contributed by atoms with E-state index < -0.39 is 0 Å². The van der Waals surface area contributed by atoms with Crippen molar-refractivity contribution in [3.63, 3.8) is 0 Å². The van der Waals surface area contributed by atoms with E-state index in [9.17, 15) is 0 Å². The second-order valence-electron chi connectivity index (χ2n) is 4.26. The molecule has 0 spiro atoms. The van der Waals surface area contributed by atoms with E-state index in [1.54, 1.807) is 0 Å². The first-order valence-corrected chi connectivity index (χ1v) is 5.88. The first-order valence-electron chi connectivity index (χ1n) is 5.88. The zero-order valence-corrected chi connectivity index (χ0v) is 12.9. The molecular weight excluding hydrogens is 413 g/mol. The number of hydrogen-bond donors (Lipinski definition) is 0. The molecule has 2 heterocycles. The number of aromatic nitrogens is 1. The summed E-state index contributed by atoms with van der Waals surface area (Å²) in [4.78, 5) is 8.40. The molecule has 5 heteroatoms. The molecule has 3 rings (SSSR count). The molecule has 96 valence electrons. The molecule has 0 fully saturated rings. The van der Waals surface area contributed by atoms with Gasteiger partial charge in [0.25, 0.3) is 0 Å². The Hall–Kier alpha value is -1.58. The molecule has 0 aliphatic carbocycles. The van der Waals surface area contributed by atoms with E-state index in [0.717, 1.165) is 5.82 Å². The summed E-state index contributed by atoms with van der Waals surface area (Å²) >= 11 is 0. The summed E-state index contributed by atoms with van der Waals surface area (Å²) in [5, 5.41) is 0. The van der Waals surface area contributed by atoms with E-state index in [2.05, 4.69) is 23.2 Å². The van der Waals surface area contributed by atoms with Crippen molar-refractivity contribution in [1.82, 2.24) is 9.79 Å². The Kier molecular flexibility index (Phi) is 4.41. The molecule has 3 nitrogen and oxygen atoms in total. The Labute approximate surface area is 127 Å². The number of hydrogen-bond acceptors (Lipinski definition) is 3. The summed E-state index contributed by atoms with van der Waals surface area (Å²) in [7, 11) is 3.99. The molecule has 1 aromatic carbocycles. The average molecular weight is 426 g/mol. The van der Waals surface area contributed by atoms with E-state index in [4.69, 9.17) is 0 Å². The maximum atomic E-state index is 4.40. The van der Waals surface area contributed by atoms with Crippen LogP contribution in [0.4, 0.5) is 5.82 Å². The largest absolute Gasteiger partial charge is 0.406 e. The molecule has 0 unspecified atom stereocenters. The number of benzene rings is 1. The van der Waals surface area contributed by atoms with Crippen molar-refractivity contribution in [2.24, 2.45) is 0 Å². The van der Waals surface area contributed by atoms with Crippen LogP contribution >= 0.6 is 0 Å². The average Bonchev–Trinajstić information content (AvgIpc) is 2.87. The van der Waals surface area contributed by atoms with Gasteiger partial charge in [-0.3, -0.25) is 0 Å². The van der Waals surface area contributed by atoms with Gasteiger partial charge in [0, 0.05) is 38.7 Å². The van der Waals surface area contributed by atoms with Crippen LogP contribution in [-0.2, 0) is 20.1 Å². The number of pyridine rings is 1. The number of anilines is 1. The topological polar surface area (TPSA) is 19.4 Å². The summed E-state index contributed by atoms with van der Waals surface area (Å²) in [5.74, 6) is 0.928. The summed E-state index contributed by atoms with van der Waals surface area (Å²) in [6.07, 6.45) is 5.84. The number of rotatable bonds is 2. The van der Waals surface area contributed by atoms with Gasteiger partial charge in [-0.1, -0.05) is 30.3 Å². The maximum Gasteiger partial charge on any atom is 0.396 e. The van der Waals surface area contributed by atoms with E-state index in [-0.39, 0.29) is 20.1 Å². The minimum absolute atomic E-state index is 0. The van der Waals surface area contributed by atoms with Crippen LogP contribution in [-0.4, -0.2) is 24.4 Å². The van der Waals surface area contributed by atoms with Gasteiger partial charge in [0.05, 0.1) is 0 Å². The van der Waals surface area contributed by atoms with Crippen LogP contribution in [0.15, 0.2) is 61.1 Å². The molecular formula is C14H13BIrN3. The van der Waals surface area contributed by atoms with Crippen LogP contribution in [0.1, 0.15) is 0 Å². The summed E-state index contributed by atoms with van der Waals surface area (Å²) in [5.41, 5.74) is 2.38. The second-order valence-corrected chi connectivity index (χ2v) is 4.26. The number of nitrogens with zero attached hydrogens (tertiary/aromatic N) is 3. The van der Waals surface area contributed by atoms with E-state index >= 15 is 0 Å². The minimum Gasteiger partial charge on any atom is -0.406 e. The summed E-state index contributed by atoms with van der Waals surface area (Å²) < 4.78 is 0. The fourth-order valence-corrected chi connectivity index (χ4v) is 1.96. The third-order valence-corrected chi connectivity index (χ3v) is 2.89. The molecule has 19 heavy (non-hydrogen) atoms. The van der Waals surface area contributed by atoms with E-state index in [0.29, 0.717) is 0 Å². The van der Waals surface area contributed by atoms with Crippen LogP contribution in [0.5, 0.6) is 0 Å². The second kappa shape index (κ2) is 6.05. The molecule has 0 atom stereocenters. The van der Waals surface area contributed by atoms with E-state index in [1.807, 2.05) is 67.1 Å². The van der Waals surface area contributed by atoms with Gasteiger partial charge in [-0.2, -0.15) is 0 Å². The van der Waals surface area contributed by atoms with Crippen LogP contribution < -0.4 is 4.81 Å². The van der Waals surface area contributed by atoms with Crippen molar-refractivity contribution < 1.29 is 20.1 Å². The van der Waals surface area contributed by atoms with Crippen LogP contribution in [0.2, 0.25) is 0 Å². The summed E-state index contributed by atoms with van der Waals surface area (Å²) in [6, 6.07) is 14.5. The van der Waals surface area contributed by atoms with Gasteiger partial charge >= 0.3 is 7.55 Å². The predicted octanol–water partition coefficient (Wildman–Crippen LogP) is 2.50. The Balaban J connectivity index is 0.00000133. The third kappa shape index (κ3) is 3.06. The van der Waals surface area contributed by atoms with Crippen molar-refractivity contribution in [3.05, 3.63) is 61.1 Å². The first kappa shape index (κ1) is 13.8. The Morgan fingerprint density at radius 1 is 1.00 bits per heavy atom. The van der Waals surface area contributed by atoms with Crippen molar-refractivity contribution in [2.45, 2.75) is 0 Å². The van der Waals surface area contributed by atoms with Crippen LogP contribution in [0, 0.1) is 0 Å². The van der Waals surface area contributed by atoms with Crippen molar-refractivity contribution in [3.8, 4) is 11.1 Å². The third-order valence-electron chi connectivity index (χ3n) is 2.89. The van der Waals surface area contributed by atoms with Crippen LogP contribution in [0.3, 0.4) is 0 Å². The summed E-state index contributed by atoms with van der Waals surface area (Å²) in [6.45, 7) is 0. The fraction of sp³-hybridized carbons (Fsp3) is 0.0714. The normalized spacial score (nSPS) is 13.1. The molecule has 1 aliphatic rings. The molecule has 2 aromatic rings. The molecule has 0 saturated heterocycles. The van der Waals surface area contributed by atoms with Gasteiger partial charge in [-0.25, -0.2) is 4.98 Å².